The Kier molecular flexibility index (Phi) is 3.46. The van der Waals surface area contributed by atoms with E-state index in [-0.39, 0.29) is 0 Å². The number of fused-ring (bicyclic) bond motifs is 1. The smallest absolute Gasteiger partial charge is 0.126 e. The van der Waals surface area contributed by atoms with Crippen molar-refractivity contribution in [1.29, 1.82) is 0 Å². The van der Waals surface area contributed by atoms with Gasteiger partial charge in [0.1, 0.15) is 4.83 Å². The molecule has 2 nitrogen and oxygen atoms in total. The molecule has 0 unspecified atom stereocenters. The molecule has 3 aromatic rings. The highest BCUT2D eigenvalue weighted by atomic mass is 32.1. The highest BCUT2D eigenvalue weighted by Crippen LogP contribution is 2.44. The van der Waals surface area contributed by atoms with Crippen molar-refractivity contribution in [3.8, 4) is 11.1 Å². The first-order valence-corrected chi connectivity index (χ1v) is 8.05. The van der Waals surface area contributed by atoms with Crippen LogP contribution in [0, 0.1) is 13.8 Å². The number of rotatable bonds is 2. The molecule has 0 fully saturated rings. The maximum absolute atomic E-state index is 6.31. The van der Waals surface area contributed by atoms with Crippen molar-refractivity contribution in [2.75, 3.05) is 5.73 Å². The molecular formula is C18H20N2S. The number of aromatic nitrogens is 1. The molecule has 3 rings (SSSR count). The third-order valence-electron chi connectivity index (χ3n) is 3.68. The predicted octanol–water partition coefficient (Wildman–Crippen LogP) is 5.29. The van der Waals surface area contributed by atoms with E-state index in [1.165, 1.54) is 21.6 Å². The maximum atomic E-state index is 6.31. The molecule has 2 N–H and O–H groups in total. The molecule has 108 valence electrons. The van der Waals surface area contributed by atoms with Gasteiger partial charge in [0.05, 0.1) is 0 Å². The summed E-state index contributed by atoms with van der Waals surface area (Å²) in [5, 5.41) is 1.11. The minimum atomic E-state index is 0.458. The molecule has 0 radical (unpaired) electrons. The average molecular weight is 296 g/mol. The third-order valence-corrected chi connectivity index (χ3v) is 5.06. The topological polar surface area (TPSA) is 38.9 Å². The lowest BCUT2D eigenvalue weighted by Crippen LogP contribution is -1.92. The molecule has 2 aromatic heterocycles. The summed E-state index contributed by atoms with van der Waals surface area (Å²) in [4.78, 5) is 7.10. The number of pyridine rings is 1. The first-order valence-electron chi connectivity index (χ1n) is 7.24. The lowest BCUT2D eigenvalue weighted by molar-refractivity contribution is 0.892. The normalized spacial score (nSPS) is 11.5. The number of anilines is 1. The molecule has 0 bridgehead atoms. The van der Waals surface area contributed by atoms with Gasteiger partial charge in [-0.3, -0.25) is 0 Å². The van der Waals surface area contributed by atoms with Crippen molar-refractivity contribution in [3.05, 3.63) is 46.5 Å². The second-order valence-corrected chi connectivity index (χ2v) is 6.93. The molecule has 0 spiro atoms. The lowest BCUT2D eigenvalue weighted by Gasteiger charge is -2.09. The van der Waals surface area contributed by atoms with E-state index in [2.05, 4.69) is 50.0 Å². The summed E-state index contributed by atoms with van der Waals surface area (Å²) < 4.78 is 0. The Balaban J connectivity index is 2.41. The number of hydrogen-bond acceptors (Lipinski definition) is 3. The van der Waals surface area contributed by atoms with Crippen molar-refractivity contribution < 1.29 is 0 Å². The Morgan fingerprint density at radius 3 is 2.57 bits per heavy atom. The Morgan fingerprint density at radius 1 is 1.14 bits per heavy atom. The number of aryl methyl sites for hydroxylation is 2. The molecule has 21 heavy (non-hydrogen) atoms. The highest BCUT2D eigenvalue weighted by Gasteiger charge is 2.19. The molecule has 1 aromatic carbocycles. The fraction of sp³-hybridized carbons (Fsp3) is 0.278. The number of hydrogen-bond donors (Lipinski definition) is 1. The van der Waals surface area contributed by atoms with Gasteiger partial charge in [-0.25, -0.2) is 4.98 Å². The molecule has 2 heterocycles. The summed E-state index contributed by atoms with van der Waals surface area (Å²) >= 11 is 1.77. The molecule has 0 aliphatic rings. The lowest BCUT2D eigenvalue weighted by atomic mass is 9.96. The fourth-order valence-corrected chi connectivity index (χ4v) is 4.04. The van der Waals surface area contributed by atoms with E-state index in [1.54, 1.807) is 11.3 Å². The molecule has 0 atom stereocenters. The quantitative estimate of drug-likeness (QED) is 0.698. The molecule has 3 heteroatoms. The maximum Gasteiger partial charge on any atom is 0.126 e. The summed E-state index contributed by atoms with van der Waals surface area (Å²) in [6.45, 7) is 8.58. The largest absolute Gasteiger partial charge is 0.398 e. The summed E-state index contributed by atoms with van der Waals surface area (Å²) in [5.41, 5.74) is 11.9. The van der Waals surface area contributed by atoms with Crippen LogP contribution in [0.2, 0.25) is 0 Å². The van der Waals surface area contributed by atoms with E-state index in [9.17, 15) is 0 Å². The molecule has 0 saturated carbocycles. The monoisotopic (exact) mass is 296 g/mol. The highest BCUT2D eigenvalue weighted by molar-refractivity contribution is 7.19. The molecule has 0 saturated heterocycles. The van der Waals surface area contributed by atoms with Crippen molar-refractivity contribution in [2.45, 2.75) is 33.6 Å². The van der Waals surface area contributed by atoms with Crippen LogP contribution >= 0.6 is 11.3 Å². The molecular weight excluding hydrogens is 276 g/mol. The predicted molar refractivity (Wildman–Crippen MR) is 93.0 cm³/mol. The van der Waals surface area contributed by atoms with Crippen LogP contribution in [0.4, 0.5) is 5.69 Å². The Morgan fingerprint density at radius 2 is 1.90 bits per heavy atom. The van der Waals surface area contributed by atoms with Crippen LogP contribution < -0.4 is 5.73 Å². The fourth-order valence-electron chi connectivity index (χ4n) is 2.77. The van der Waals surface area contributed by atoms with Crippen LogP contribution in [0.15, 0.2) is 30.3 Å². The minimum Gasteiger partial charge on any atom is -0.398 e. The number of nitrogens with two attached hydrogens (primary N) is 1. The summed E-state index contributed by atoms with van der Waals surface area (Å²) in [5.74, 6) is 0.458. The van der Waals surface area contributed by atoms with Crippen LogP contribution in [0.5, 0.6) is 0 Å². The van der Waals surface area contributed by atoms with E-state index >= 15 is 0 Å². The van der Waals surface area contributed by atoms with E-state index in [0.717, 1.165) is 21.6 Å². The Bertz CT molecular complexity index is 815. The number of thiophene rings is 1. The molecule has 0 amide bonds. The second kappa shape index (κ2) is 5.15. The van der Waals surface area contributed by atoms with E-state index in [4.69, 9.17) is 5.73 Å². The van der Waals surface area contributed by atoms with Gasteiger partial charge in [0, 0.05) is 27.2 Å². The SMILES string of the molecule is Cc1cccc(-c2c(C(C)C)sc3nc(C)cc(N)c23)c1. The van der Waals surface area contributed by atoms with Crippen LogP contribution in [0.1, 0.15) is 35.9 Å². The first-order chi connectivity index (χ1) is 9.97. The van der Waals surface area contributed by atoms with Crippen LogP contribution in [-0.2, 0) is 0 Å². The van der Waals surface area contributed by atoms with Gasteiger partial charge < -0.3 is 5.73 Å². The summed E-state index contributed by atoms with van der Waals surface area (Å²) in [6, 6.07) is 10.6. The number of nitrogens with zero attached hydrogens (tertiary/aromatic N) is 1. The Hall–Kier alpha value is -1.87. The van der Waals surface area contributed by atoms with Crippen molar-refractivity contribution in [2.24, 2.45) is 0 Å². The molecule has 0 aliphatic carbocycles. The van der Waals surface area contributed by atoms with E-state index < -0.39 is 0 Å². The van der Waals surface area contributed by atoms with Gasteiger partial charge in [-0.2, -0.15) is 0 Å². The average Bonchev–Trinajstić information content (AvgIpc) is 2.78. The van der Waals surface area contributed by atoms with Gasteiger partial charge in [0.15, 0.2) is 0 Å². The van der Waals surface area contributed by atoms with Crippen LogP contribution in [-0.4, -0.2) is 4.98 Å². The van der Waals surface area contributed by atoms with Crippen LogP contribution in [0.25, 0.3) is 21.3 Å². The van der Waals surface area contributed by atoms with E-state index in [0.29, 0.717) is 5.92 Å². The third kappa shape index (κ3) is 2.42. The zero-order chi connectivity index (χ0) is 15.1. The van der Waals surface area contributed by atoms with Crippen molar-refractivity contribution >= 4 is 27.2 Å². The van der Waals surface area contributed by atoms with Crippen molar-refractivity contribution in [3.63, 3.8) is 0 Å². The van der Waals surface area contributed by atoms with Gasteiger partial charge >= 0.3 is 0 Å². The zero-order valence-corrected chi connectivity index (χ0v) is 13.7. The van der Waals surface area contributed by atoms with Gasteiger partial charge in [0.25, 0.3) is 0 Å². The second-order valence-electron chi connectivity index (χ2n) is 5.90. The minimum absolute atomic E-state index is 0.458. The summed E-state index contributed by atoms with van der Waals surface area (Å²) in [6.07, 6.45) is 0. The first kappa shape index (κ1) is 14.1. The van der Waals surface area contributed by atoms with Gasteiger partial charge in [-0.15, -0.1) is 11.3 Å². The zero-order valence-electron chi connectivity index (χ0n) is 12.9. The van der Waals surface area contributed by atoms with Gasteiger partial charge in [0.2, 0.25) is 0 Å². The van der Waals surface area contributed by atoms with Crippen LogP contribution in [0.3, 0.4) is 0 Å². The number of nitrogen functional groups attached to an aromatic ring is 1. The number of benzene rings is 1. The van der Waals surface area contributed by atoms with Gasteiger partial charge in [-0.05, 0) is 31.4 Å². The standard InChI is InChI=1S/C18H20N2S/c1-10(2)17-15(13-7-5-6-11(3)8-13)16-14(19)9-12(4)20-18(16)21-17/h5-10H,1-4H3,(H2,19,20). The Labute approximate surface area is 129 Å². The molecule has 0 aliphatic heterocycles. The van der Waals surface area contributed by atoms with E-state index in [1.807, 2.05) is 13.0 Å². The van der Waals surface area contributed by atoms with Gasteiger partial charge in [-0.1, -0.05) is 43.7 Å². The van der Waals surface area contributed by atoms with Crippen molar-refractivity contribution in [1.82, 2.24) is 4.98 Å². The summed E-state index contributed by atoms with van der Waals surface area (Å²) in [7, 11) is 0.